The summed E-state index contributed by atoms with van der Waals surface area (Å²) in [6, 6.07) is 25.4. The van der Waals surface area contributed by atoms with Crippen LogP contribution >= 0.6 is 0 Å². The van der Waals surface area contributed by atoms with E-state index in [1.807, 2.05) is 18.2 Å². The van der Waals surface area contributed by atoms with E-state index in [-0.39, 0.29) is 0 Å². The Labute approximate surface area is 174 Å². The van der Waals surface area contributed by atoms with Gasteiger partial charge in [0.25, 0.3) is 0 Å². The van der Waals surface area contributed by atoms with Gasteiger partial charge in [-0.3, -0.25) is 0 Å². The fraction of sp³-hybridized carbons (Fsp3) is 0.296. The molecule has 3 aromatic rings. The zero-order valence-electron chi connectivity index (χ0n) is 17.4. The Morgan fingerprint density at radius 2 is 1.41 bits per heavy atom. The predicted octanol–water partition coefficient (Wildman–Crippen LogP) is 7.41. The third kappa shape index (κ3) is 5.27. The summed E-state index contributed by atoms with van der Waals surface area (Å²) in [5.41, 5.74) is 6.34. The van der Waals surface area contributed by atoms with Crippen LogP contribution in [-0.4, -0.2) is 6.61 Å². The molecule has 0 bridgehead atoms. The van der Waals surface area contributed by atoms with Crippen LogP contribution in [0.4, 0.5) is 0 Å². The van der Waals surface area contributed by atoms with Crippen molar-refractivity contribution in [2.75, 3.05) is 6.61 Å². The Morgan fingerprint density at radius 1 is 0.759 bits per heavy atom. The maximum Gasteiger partial charge on any atom is 0.137 e. The molecule has 2 heteroatoms. The Hall–Kier alpha value is -3.05. The molecule has 0 aliphatic heterocycles. The molecular weight excluding hydrogens is 354 g/mol. The highest BCUT2D eigenvalue weighted by molar-refractivity contribution is 5.76. The number of unbranched alkanes of at least 4 members (excludes halogenated alkanes) is 2. The summed E-state index contributed by atoms with van der Waals surface area (Å²) >= 11 is 0. The van der Waals surface area contributed by atoms with Crippen molar-refractivity contribution in [2.45, 2.75) is 46.0 Å². The lowest BCUT2D eigenvalue weighted by Crippen LogP contribution is -2.00. The average molecular weight is 384 g/mol. The Kier molecular flexibility index (Phi) is 7.47. The lowest BCUT2D eigenvalue weighted by Gasteiger charge is -2.12. The number of aryl methyl sites for hydroxylation is 1. The number of nitrogens with zero attached hydrogens (tertiary/aromatic N) is 1. The van der Waals surface area contributed by atoms with Gasteiger partial charge in [-0.1, -0.05) is 93.8 Å². The van der Waals surface area contributed by atoms with Gasteiger partial charge in [-0.2, -0.15) is 5.26 Å². The summed E-state index contributed by atoms with van der Waals surface area (Å²) in [7, 11) is 0. The van der Waals surface area contributed by atoms with Gasteiger partial charge in [-0.05, 0) is 41.2 Å². The van der Waals surface area contributed by atoms with Crippen LogP contribution in [0.5, 0.6) is 5.75 Å². The quantitative estimate of drug-likeness (QED) is 0.360. The van der Waals surface area contributed by atoms with Crippen molar-refractivity contribution in [3.8, 4) is 34.1 Å². The Morgan fingerprint density at radius 3 is 2.03 bits per heavy atom. The van der Waals surface area contributed by atoms with E-state index >= 15 is 0 Å². The maximum absolute atomic E-state index is 9.74. The molecule has 29 heavy (non-hydrogen) atoms. The molecule has 0 saturated carbocycles. The molecule has 0 radical (unpaired) electrons. The summed E-state index contributed by atoms with van der Waals surface area (Å²) in [6.07, 6.45) is 5.59. The highest BCUT2D eigenvalue weighted by atomic mass is 16.5. The van der Waals surface area contributed by atoms with Crippen LogP contribution < -0.4 is 4.74 Å². The van der Waals surface area contributed by atoms with Crippen molar-refractivity contribution in [1.29, 1.82) is 5.26 Å². The molecule has 0 aliphatic rings. The van der Waals surface area contributed by atoms with Crippen LogP contribution in [0.3, 0.4) is 0 Å². The van der Waals surface area contributed by atoms with Gasteiger partial charge in [-0.25, -0.2) is 0 Å². The van der Waals surface area contributed by atoms with Crippen molar-refractivity contribution in [2.24, 2.45) is 0 Å². The monoisotopic (exact) mass is 383 g/mol. The molecule has 0 aromatic heterocycles. The number of ether oxygens (including phenoxy) is 1. The van der Waals surface area contributed by atoms with E-state index < -0.39 is 0 Å². The first-order chi connectivity index (χ1) is 14.3. The van der Waals surface area contributed by atoms with Crippen molar-refractivity contribution in [3.05, 3.63) is 77.9 Å². The van der Waals surface area contributed by atoms with Gasteiger partial charge in [-0.15, -0.1) is 0 Å². The number of hydrogen-bond acceptors (Lipinski definition) is 2. The van der Waals surface area contributed by atoms with Crippen LogP contribution in [0.2, 0.25) is 0 Å². The van der Waals surface area contributed by atoms with E-state index in [0.717, 1.165) is 43.2 Å². The molecule has 3 aromatic carbocycles. The zero-order chi connectivity index (χ0) is 20.5. The molecule has 0 atom stereocenters. The Bertz CT molecular complexity index is 949. The normalized spacial score (nSPS) is 10.5. The van der Waals surface area contributed by atoms with E-state index in [1.165, 1.54) is 16.7 Å². The second-order valence-electron chi connectivity index (χ2n) is 7.37. The minimum Gasteiger partial charge on any atom is -0.492 e. The fourth-order valence-electron chi connectivity index (χ4n) is 3.54. The second kappa shape index (κ2) is 10.5. The van der Waals surface area contributed by atoms with Gasteiger partial charge in [0.2, 0.25) is 0 Å². The summed E-state index contributed by atoms with van der Waals surface area (Å²) in [6.45, 7) is 5.02. The van der Waals surface area contributed by atoms with Gasteiger partial charge in [0.15, 0.2) is 0 Å². The summed E-state index contributed by atoms with van der Waals surface area (Å²) < 4.78 is 5.89. The molecular formula is C27H29NO. The first kappa shape index (κ1) is 20.7. The van der Waals surface area contributed by atoms with E-state index in [2.05, 4.69) is 68.4 Å². The van der Waals surface area contributed by atoms with E-state index in [9.17, 15) is 5.26 Å². The number of rotatable bonds is 9. The van der Waals surface area contributed by atoms with Crippen molar-refractivity contribution >= 4 is 0 Å². The standard InChI is InChI=1S/C27H29NO/c1-3-5-6-19-29-27-10-7-9-25(26(27)20-28)24-17-15-23(16-18-24)22-13-11-21(8-4-2)12-14-22/h7,9-18H,3-6,8,19H2,1-2H3. The SMILES string of the molecule is CCCCCOc1cccc(-c2ccc(-c3ccc(CCC)cc3)cc2)c1C#N. The average Bonchev–Trinajstić information content (AvgIpc) is 2.77. The van der Waals surface area contributed by atoms with Crippen molar-refractivity contribution in [1.82, 2.24) is 0 Å². The van der Waals surface area contributed by atoms with Crippen LogP contribution in [0.25, 0.3) is 22.3 Å². The van der Waals surface area contributed by atoms with E-state index in [0.29, 0.717) is 17.9 Å². The molecule has 0 heterocycles. The molecule has 0 N–H and O–H groups in total. The van der Waals surface area contributed by atoms with Crippen LogP contribution in [0.1, 0.15) is 50.7 Å². The molecule has 0 fully saturated rings. The van der Waals surface area contributed by atoms with Gasteiger partial charge in [0.05, 0.1) is 6.61 Å². The summed E-state index contributed by atoms with van der Waals surface area (Å²) in [5.74, 6) is 0.677. The molecule has 148 valence electrons. The van der Waals surface area contributed by atoms with Gasteiger partial charge in [0, 0.05) is 5.56 Å². The third-order valence-corrected chi connectivity index (χ3v) is 5.17. The largest absolute Gasteiger partial charge is 0.492 e. The predicted molar refractivity (Wildman–Crippen MR) is 121 cm³/mol. The number of hydrogen-bond donors (Lipinski definition) is 0. The lowest BCUT2D eigenvalue weighted by atomic mass is 9.96. The highest BCUT2D eigenvalue weighted by Gasteiger charge is 2.11. The van der Waals surface area contributed by atoms with Gasteiger partial charge in [0.1, 0.15) is 17.4 Å². The minimum atomic E-state index is 0.612. The van der Waals surface area contributed by atoms with Crippen molar-refractivity contribution in [3.63, 3.8) is 0 Å². The highest BCUT2D eigenvalue weighted by Crippen LogP contribution is 2.32. The molecule has 0 aliphatic carbocycles. The van der Waals surface area contributed by atoms with Gasteiger partial charge >= 0.3 is 0 Å². The molecule has 0 amide bonds. The topological polar surface area (TPSA) is 33.0 Å². The van der Waals surface area contributed by atoms with Crippen LogP contribution in [0, 0.1) is 11.3 Å². The summed E-state index contributed by atoms with van der Waals surface area (Å²) in [5, 5.41) is 9.74. The summed E-state index contributed by atoms with van der Waals surface area (Å²) in [4.78, 5) is 0. The number of benzene rings is 3. The second-order valence-corrected chi connectivity index (χ2v) is 7.37. The zero-order valence-corrected chi connectivity index (χ0v) is 17.4. The number of nitriles is 1. The van der Waals surface area contributed by atoms with E-state index in [4.69, 9.17) is 4.74 Å². The molecule has 3 rings (SSSR count). The maximum atomic E-state index is 9.74. The molecule has 0 unspecified atom stereocenters. The Balaban J connectivity index is 1.81. The van der Waals surface area contributed by atoms with E-state index in [1.54, 1.807) is 0 Å². The minimum absolute atomic E-state index is 0.612. The smallest absolute Gasteiger partial charge is 0.137 e. The van der Waals surface area contributed by atoms with Crippen LogP contribution in [0.15, 0.2) is 66.7 Å². The first-order valence-electron chi connectivity index (χ1n) is 10.6. The molecule has 0 saturated heterocycles. The van der Waals surface area contributed by atoms with Gasteiger partial charge < -0.3 is 4.74 Å². The molecule has 0 spiro atoms. The first-order valence-corrected chi connectivity index (χ1v) is 10.6. The van der Waals surface area contributed by atoms with Crippen LogP contribution in [-0.2, 0) is 6.42 Å². The fourth-order valence-corrected chi connectivity index (χ4v) is 3.54. The molecule has 2 nitrogen and oxygen atoms in total. The lowest BCUT2D eigenvalue weighted by molar-refractivity contribution is 0.305. The third-order valence-electron chi connectivity index (χ3n) is 5.17. The van der Waals surface area contributed by atoms with Crippen molar-refractivity contribution < 1.29 is 4.74 Å².